The van der Waals surface area contributed by atoms with Crippen LogP contribution in [0.1, 0.15) is 126 Å². The smallest absolute Gasteiger partial charge is 0.251 e. The molecule has 1 aliphatic rings. The molecular formula is C28H45N3O2S. The van der Waals surface area contributed by atoms with Crippen molar-refractivity contribution in [3.8, 4) is 0 Å². The van der Waals surface area contributed by atoms with Gasteiger partial charge in [-0.1, -0.05) is 90.4 Å². The van der Waals surface area contributed by atoms with Gasteiger partial charge in [0.1, 0.15) is 0 Å². The van der Waals surface area contributed by atoms with Gasteiger partial charge in [0.2, 0.25) is 5.91 Å². The van der Waals surface area contributed by atoms with Crippen LogP contribution >= 0.6 is 12.2 Å². The summed E-state index contributed by atoms with van der Waals surface area (Å²) in [4.78, 5) is 24.6. The highest BCUT2D eigenvalue weighted by Crippen LogP contribution is 2.18. The maximum absolute atomic E-state index is 12.4. The van der Waals surface area contributed by atoms with Gasteiger partial charge in [-0.15, -0.1) is 0 Å². The molecular weight excluding hydrogens is 442 g/mol. The molecule has 0 bridgehead atoms. The Labute approximate surface area is 212 Å². The van der Waals surface area contributed by atoms with Crippen LogP contribution in [0.5, 0.6) is 0 Å². The van der Waals surface area contributed by atoms with E-state index in [1.165, 1.54) is 77.0 Å². The van der Waals surface area contributed by atoms with Crippen molar-refractivity contribution < 1.29 is 9.59 Å². The first-order valence-corrected chi connectivity index (χ1v) is 14.0. The highest BCUT2D eigenvalue weighted by atomic mass is 32.1. The lowest BCUT2D eigenvalue weighted by Crippen LogP contribution is -2.36. The van der Waals surface area contributed by atoms with Gasteiger partial charge in [0, 0.05) is 23.7 Å². The summed E-state index contributed by atoms with van der Waals surface area (Å²) >= 11 is 5.27. The zero-order valence-corrected chi connectivity index (χ0v) is 21.9. The number of hydrogen-bond acceptors (Lipinski definition) is 3. The van der Waals surface area contributed by atoms with Crippen molar-refractivity contribution in [2.24, 2.45) is 0 Å². The molecule has 0 heterocycles. The molecule has 5 nitrogen and oxygen atoms in total. The SMILES string of the molecule is CCCCCCCCCCCCCC(=O)NC(=S)Nc1ccc(C(=O)NC2CCCCC2)cc1. The number of rotatable bonds is 15. The molecule has 0 aliphatic heterocycles. The summed E-state index contributed by atoms with van der Waals surface area (Å²) in [6, 6.07) is 7.50. The van der Waals surface area contributed by atoms with Crippen molar-refractivity contribution in [2.75, 3.05) is 5.32 Å². The summed E-state index contributed by atoms with van der Waals surface area (Å²) in [6.45, 7) is 2.25. The minimum absolute atomic E-state index is 0.0266. The van der Waals surface area contributed by atoms with Gasteiger partial charge in [-0.05, 0) is 55.7 Å². The number of carbonyl (C=O) groups excluding carboxylic acids is 2. The molecule has 2 rings (SSSR count). The maximum atomic E-state index is 12.4. The number of unbranched alkanes of at least 4 members (excludes halogenated alkanes) is 10. The third kappa shape index (κ3) is 12.5. The third-order valence-electron chi connectivity index (χ3n) is 6.61. The predicted octanol–water partition coefficient (Wildman–Crippen LogP) is 7.26. The number of carbonyl (C=O) groups is 2. The molecule has 3 N–H and O–H groups in total. The van der Waals surface area contributed by atoms with Crippen molar-refractivity contribution >= 4 is 34.8 Å². The minimum Gasteiger partial charge on any atom is -0.349 e. The Morgan fingerprint density at radius 2 is 1.38 bits per heavy atom. The summed E-state index contributed by atoms with van der Waals surface area (Å²) in [5.41, 5.74) is 1.40. The second-order valence-electron chi connectivity index (χ2n) is 9.67. The van der Waals surface area contributed by atoms with Gasteiger partial charge in [0.15, 0.2) is 5.11 Å². The number of benzene rings is 1. The molecule has 0 unspecified atom stereocenters. The Kier molecular flexibility index (Phi) is 14.5. The Balaban J connectivity index is 1.53. The number of thiocarbonyl (C=S) groups is 1. The minimum atomic E-state index is -0.0445. The average molecular weight is 488 g/mol. The first kappa shape index (κ1) is 28.3. The average Bonchev–Trinajstić information content (AvgIpc) is 2.83. The molecule has 1 saturated carbocycles. The maximum Gasteiger partial charge on any atom is 0.251 e. The number of hydrogen-bond donors (Lipinski definition) is 3. The van der Waals surface area contributed by atoms with Crippen LogP contribution in [0, 0.1) is 0 Å². The summed E-state index contributed by atoms with van der Waals surface area (Å²) in [5, 5.41) is 9.21. The van der Waals surface area contributed by atoms with Crippen molar-refractivity contribution in [2.45, 2.75) is 122 Å². The molecule has 1 fully saturated rings. The second-order valence-corrected chi connectivity index (χ2v) is 10.1. The molecule has 6 heteroatoms. The van der Waals surface area contributed by atoms with Crippen LogP contribution in [0.15, 0.2) is 24.3 Å². The van der Waals surface area contributed by atoms with Crippen LogP contribution in [0.25, 0.3) is 0 Å². The molecule has 190 valence electrons. The summed E-state index contributed by atoms with van der Waals surface area (Å²) < 4.78 is 0. The predicted molar refractivity (Wildman–Crippen MR) is 146 cm³/mol. The van der Waals surface area contributed by atoms with E-state index in [0.717, 1.165) is 31.4 Å². The van der Waals surface area contributed by atoms with Gasteiger partial charge < -0.3 is 16.0 Å². The van der Waals surface area contributed by atoms with E-state index in [2.05, 4.69) is 22.9 Å². The molecule has 1 aliphatic carbocycles. The van der Waals surface area contributed by atoms with Gasteiger partial charge in [0.25, 0.3) is 5.91 Å². The van der Waals surface area contributed by atoms with Crippen LogP contribution in [-0.4, -0.2) is 23.0 Å². The molecule has 2 amide bonds. The third-order valence-corrected chi connectivity index (χ3v) is 6.81. The monoisotopic (exact) mass is 487 g/mol. The van der Waals surface area contributed by atoms with Crippen LogP contribution in [0.3, 0.4) is 0 Å². The Hall–Kier alpha value is -1.95. The lowest BCUT2D eigenvalue weighted by Gasteiger charge is -2.22. The van der Waals surface area contributed by atoms with E-state index < -0.39 is 0 Å². The highest BCUT2D eigenvalue weighted by molar-refractivity contribution is 7.80. The number of anilines is 1. The fourth-order valence-electron chi connectivity index (χ4n) is 4.52. The summed E-state index contributed by atoms with van der Waals surface area (Å²) in [7, 11) is 0. The van der Waals surface area contributed by atoms with Gasteiger partial charge in [-0.25, -0.2) is 0 Å². The number of amides is 2. The van der Waals surface area contributed by atoms with Gasteiger partial charge >= 0.3 is 0 Å². The molecule has 0 aromatic heterocycles. The lowest BCUT2D eigenvalue weighted by molar-refractivity contribution is -0.119. The molecule has 0 saturated heterocycles. The summed E-state index contributed by atoms with van der Waals surface area (Å²) in [6.07, 6.45) is 20.2. The first-order valence-electron chi connectivity index (χ1n) is 13.6. The van der Waals surface area contributed by atoms with Crippen LogP contribution in [0.2, 0.25) is 0 Å². The molecule has 1 aromatic carbocycles. The first-order chi connectivity index (χ1) is 16.6. The van der Waals surface area contributed by atoms with E-state index in [4.69, 9.17) is 12.2 Å². The van der Waals surface area contributed by atoms with Gasteiger partial charge in [0.05, 0.1) is 0 Å². The van der Waals surface area contributed by atoms with E-state index in [1.54, 1.807) is 12.1 Å². The van der Waals surface area contributed by atoms with Crippen molar-refractivity contribution in [3.05, 3.63) is 29.8 Å². The van der Waals surface area contributed by atoms with E-state index >= 15 is 0 Å². The van der Waals surface area contributed by atoms with Gasteiger partial charge in [-0.3, -0.25) is 9.59 Å². The topological polar surface area (TPSA) is 70.2 Å². The molecule has 0 spiro atoms. The van der Waals surface area contributed by atoms with Gasteiger partial charge in [-0.2, -0.15) is 0 Å². The fourth-order valence-corrected chi connectivity index (χ4v) is 4.75. The van der Waals surface area contributed by atoms with Crippen LogP contribution in [0.4, 0.5) is 5.69 Å². The molecule has 0 radical (unpaired) electrons. The molecule has 34 heavy (non-hydrogen) atoms. The molecule has 0 atom stereocenters. The standard InChI is InChI=1S/C28H45N3O2S/c1-2-3-4-5-6-7-8-9-10-11-15-18-26(32)31-28(34)30-25-21-19-23(20-22-25)27(33)29-24-16-13-12-14-17-24/h19-22,24H,2-18H2,1H3,(H,29,33)(H2,30,31,32,34). The van der Waals surface area contributed by atoms with E-state index in [-0.39, 0.29) is 11.8 Å². The van der Waals surface area contributed by atoms with E-state index in [1.807, 2.05) is 12.1 Å². The van der Waals surface area contributed by atoms with Crippen molar-refractivity contribution in [3.63, 3.8) is 0 Å². The normalized spacial score (nSPS) is 13.9. The van der Waals surface area contributed by atoms with Crippen molar-refractivity contribution in [1.82, 2.24) is 10.6 Å². The van der Waals surface area contributed by atoms with E-state index in [0.29, 0.717) is 23.1 Å². The zero-order chi connectivity index (χ0) is 24.4. The van der Waals surface area contributed by atoms with Crippen LogP contribution < -0.4 is 16.0 Å². The largest absolute Gasteiger partial charge is 0.349 e. The summed E-state index contributed by atoms with van der Waals surface area (Å²) in [5.74, 6) is -0.0711. The lowest BCUT2D eigenvalue weighted by atomic mass is 9.95. The molecule has 1 aromatic rings. The zero-order valence-electron chi connectivity index (χ0n) is 21.1. The Morgan fingerprint density at radius 3 is 1.97 bits per heavy atom. The quantitative estimate of drug-likeness (QED) is 0.180. The Bertz CT molecular complexity index is 730. The van der Waals surface area contributed by atoms with Crippen molar-refractivity contribution in [1.29, 1.82) is 0 Å². The fraction of sp³-hybridized carbons (Fsp3) is 0.679. The second kappa shape index (κ2) is 17.5. The Morgan fingerprint density at radius 1 is 0.824 bits per heavy atom. The van der Waals surface area contributed by atoms with Crippen LogP contribution in [-0.2, 0) is 4.79 Å². The van der Waals surface area contributed by atoms with E-state index in [9.17, 15) is 9.59 Å². The highest BCUT2D eigenvalue weighted by Gasteiger charge is 2.16. The number of nitrogens with one attached hydrogen (secondary N) is 3.